The fraction of sp³-hybridized carbons (Fsp3) is 0.545. The summed E-state index contributed by atoms with van der Waals surface area (Å²) in [7, 11) is 1.84. The molecule has 8 heteroatoms. The number of aromatic nitrogens is 1. The summed E-state index contributed by atoms with van der Waals surface area (Å²) in [6, 6.07) is 10.2. The first kappa shape index (κ1) is 24.5. The van der Waals surface area contributed by atoms with E-state index in [9.17, 15) is 0 Å². The number of ether oxygens (including phenoxy) is 1. The molecular formula is C22H34IN5O2. The first-order chi connectivity index (χ1) is 13.8. The van der Waals surface area contributed by atoms with Gasteiger partial charge in [-0.3, -0.25) is 9.89 Å². The monoisotopic (exact) mass is 527 g/mol. The molecule has 1 fully saturated rings. The van der Waals surface area contributed by atoms with Crippen molar-refractivity contribution in [2.24, 2.45) is 4.99 Å². The Bertz CT molecular complexity index is 823. The third kappa shape index (κ3) is 7.16. The van der Waals surface area contributed by atoms with Gasteiger partial charge < -0.3 is 19.5 Å². The summed E-state index contributed by atoms with van der Waals surface area (Å²) < 4.78 is 11.3. The predicted molar refractivity (Wildman–Crippen MR) is 131 cm³/mol. The van der Waals surface area contributed by atoms with Gasteiger partial charge >= 0.3 is 0 Å². The third-order valence-electron chi connectivity index (χ3n) is 4.77. The van der Waals surface area contributed by atoms with Crippen LogP contribution in [-0.2, 0) is 13.1 Å². The number of para-hydroxylation sites is 1. The van der Waals surface area contributed by atoms with Gasteiger partial charge in [-0.1, -0.05) is 23.4 Å². The highest BCUT2D eigenvalue weighted by atomic mass is 127. The van der Waals surface area contributed by atoms with Crippen LogP contribution in [-0.4, -0.2) is 59.7 Å². The molecule has 1 aliphatic heterocycles. The number of nitrogens with one attached hydrogen (secondary N) is 1. The number of halogens is 1. The zero-order chi connectivity index (χ0) is 20.9. The Morgan fingerprint density at radius 2 is 1.90 bits per heavy atom. The van der Waals surface area contributed by atoms with Gasteiger partial charge in [0, 0.05) is 57.9 Å². The van der Waals surface area contributed by atoms with E-state index < -0.39 is 0 Å². The second kappa shape index (κ2) is 11.0. The number of aryl methyl sites for hydroxylation is 1. The number of rotatable bonds is 5. The highest BCUT2D eigenvalue weighted by molar-refractivity contribution is 14.0. The third-order valence-corrected chi connectivity index (χ3v) is 4.77. The molecule has 0 amide bonds. The maximum absolute atomic E-state index is 6.10. The smallest absolute Gasteiger partial charge is 0.194 e. The van der Waals surface area contributed by atoms with E-state index in [-0.39, 0.29) is 29.6 Å². The summed E-state index contributed by atoms with van der Waals surface area (Å²) in [6.45, 7) is 13.4. The summed E-state index contributed by atoms with van der Waals surface area (Å²) in [4.78, 5) is 9.19. The molecule has 7 nitrogen and oxygen atoms in total. The van der Waals surface area contributed by atoms with Crippen LogP contribution < -0.4 is 10.1 Å². The molecule has 2 heterocycles. The van der Waals surface area contributed by atoms with Crippen molar-refractivity contribution in [3.05, 3.63) is 47.3 Å². The molecule has 1 aromatic heterocycles. The molecule has 0 aliphatic carbocycles. The Labute approximate surface area is 196 Å². The van der Waals surface area contributed by atoms with Crippen molar-refractivity contribution in [1.29, 1.82) is 0 Å². The first-order valence-corrected chi connectivity index (χ1v) is 10.2. The van der Waals surface area contributed by atoms with Gasteiger partial charge in [0.05, 0.1) is 5.69 Å². The van der Waals surface area contributed by atoms with Gasteiger partial charge in [-0.25, -0.2) is 0 Å². The van der Waals surface area contributed by atoms with Crippen molar-refractivity contribution in [3.8, 4) is 5.75 Å². The Balaban J connectivity index is 0.00000320. The SMILES string of the molecule is CN=C(NCc1ccccc1OC(C)(C)C)N1CCN(Cc2cc(C)on2)CC1.I. The normalized spacial score (nSPS) is 15.6. The van der Waals surface area contributed by atoms with Gasteiger partial charge in [0.25, 0.3) is 0 Å². The van der Waals surface area contributed by atoms with E-state index in [2.05, 4.69) is 52.1 Å². The van der Waals surface area contributed by atoms with Crippen molar-refractivity contribution in [3.63, 3.8) is 0 Å². The Morgan fingerprint density at radius 1 is 1.20 bits per heavy atom. The van der Waals surface area contributed by atoms with Crippen LogP contribution in [0.15, 0.2) is 39.8 Å². The molecule has 0 spiro atoms. The van der Waals surface area contributed by atoms with E-state index in [0.29, 0.717) is 6.54 Å². The number of guanidine groups is 1. The van der Waals surface area contributed by atoms with Gasteiger partial charge in [-0.2, -0.15) is 0 Å². The molecule has 0 atom stereocenters. The number of aliphatic imine (C=N–C) groups is 1. The number of hydrogen-bond donors (Lipinski definition) is 1. The number of benzene rings is 1. The molecule has 1 aliphatic rings. The molecule has 0 radical (unpaired) electrons. The maximum atomic E-state index is 6.10. The standard InChI is InChI=1S/C22H33N5O2.HI/c1-17-14-19(25-29-17)16-26-10-12-27(13-11-26)21(23-5)24-15-18-8-6-7-9-20(18)28-22(2,3)4;/h6-9,14H,10-13,15-16H2,1-5H3,(H,23,24);1H. The van der Waals surface area contributed by atoms with Gasteiger partial charge in [-0.15, -0.1) is 24.0 Å². The van der Waals surface area contributed by atoms with Crippen molar-refractivity contribution >= 4 is 29.9 Å². The van der Waals surface area contributed by atoms with Crippen molar-refractivity contribution in [2.75, 3.05) is 33.2 Å². The fourth-order valence-corrected chi connectivity index (χ4v) is 3.43. The molecule has 2 aromatic rings. The average Bonchev–Trinajstić information content (AvgIpc) is 3.08. The molecular weight excluding hydrogens is 493 g/mol. The van der Waals surface area contributed by atoms with E-state index in [4.69, 9.17) is 9.26 Å². The van der Waals surface area contributed by atoms with Crippen LogP contribution in [0.25, 0.3) is 0 Å². The molecule has 166 valence electrons. The molecule has 0 saturated carbocycles. The minimum atomic E-state index is -0.226. The van der Waals surface area contributed by atoms with Crippen LogP contribution in [0.5, 0.6) is 5.75 Å². The van der Waals surface area contributed by atoms with Crippen LogP contribution in [0.3, 0.4) is 0 Å². The van der Waals surface area contributed by atoms with E-state index in [1.807, 2.05) is 38.2 Å². The van der Waals surface area contributed by atoms with Gasteiger partial charge in [-0.05, 0) is 33.8 Å². The topological polar surface area (TPSA) is 66.1 Å². The van der Waals surface area contributed by atoms with E-state index >= 15 is 0 Å². The average molecular weight is 527 g/mol. The Morgan fingerprint density at radius 3 is 2.50 bits per heavy atom. The molecule has 3 rings (SSSR count). The lowest BCUT2D eigenvalue weighted by Crippen LogP contribution is -2.52. The second-order valence-electron chi connectivity index (χ2n) is 8.42. The first-order valence-electron chi connectivity index (χ1n) is 10.2. The summed E-state index contributed by atoms with van der Waals surface area (Å²) in [5.41, 5.74) is 1.90. The summed E-state index contributed by atoms with van der Waals surface area (Å²) in [5, 5.41) is 7.60. The minimum absolute atomic E-state index is 0. The van der Waals surface area contributed by atoms with Crippen LogP contribution in [0.1, 0.15) is 37.8 Å². The van der Waals surface area contributed by atoms with E-state index in [0.717, 1.165) is 61.5 Å². The Kier molecular flexibility index (Phi) is 8.96. The lowest BCUT2D eigenvalue weighted by Gasteiger charge is -2.36. The highest BCUT2D eigenvalue weighted by Gasteiger charge is 2.21. The zero-order valence-corrected chi connectivity index (χ0v) is 21.0. The van der Waals surface area contributed by atoms with Gasteiger partial charge in [0.2, 0.25) is 0 Å². The molecule has 0 unspecified atom stereocenters. The largest absolute Gasteiger partial charge is 0.488 e. The molecule has 1 saturated heterocycles. The van der Waals surface area contributed by atoms with E-state index in [1.54, 1.807) is 0 Å². The Hall–Kier alpha value is -1.81. The number of nitrogens with zero attached hydrogens (tertiary/aromatic N) is 4. The summed E-state index contributed by atoms with van der Waals surface area (Å²) in [6.07, 6.45) is 0. The maximum Gasteiger partial charge on any atom is 0.194 e. The van der Waals surface area contributed by atoms with Crippen LogP contribution in [0.2, 0.25) is 0 Å². The predicted octanol–water partition coefficient (Wildman–Crippen LogP) is 3.67. The van der Waals surface area contributed by atoms with Crippen LogP contribution >= 0.6 is 24.0 Å². The van der Waals surface area contributed by atoms with Gasteiger partial charge in [0.1, 0.15) is 17.1 Å². The molecule has 1 N–H and O–H groups in total. The van der Waals surface area contributed by atoms with E-state index in [1.165, 1.54) is 0 Å². The molecule has 1 aromatic carbocycles. The van der Waals surface area contributed by atoms with Crippen LogP contribution in [0.4, 0.5) is 0 Å². The fourth-order valence-electron chi connectivity index (χ4n) is 3.43. The van der Waals surface area contributed by atoms with Crippen LogP contribution in [0, 0.1) is 6.92 Å². The molecule has 30 heavy (non-hydrogen) atoms. The summed E-state index contributed by atoms with van der Waals surface area (Å²) >= 11 is 0. The minimum Gasteiger partial charge on any atom is -0.488 e. The number of piperazine rings is 1. The quantitative estimate of drug-likeness (QED) is 0.364. The van der Waals surface area contributed by atoms with Crippen molar-refractivity contribution in [1.82, 2.24) is 20.3 Å². The van der Waals surface area contributed by atoms with Gasteiger partial charge in [0.15, 0.2) is 5.96 Å². The van der Waals surface area contributed by atoms with Crippen molar-refractivity contribution in [2.45, 2.75) is 46.4 Å². The molecule has 0 bridgehead atoms. The zero-order valence-electron chi connectivity index (χ0n) is 18.6. The lowest BCUT2D eigenvalue weighted by molar-refractivity contribution is 0.129. The highest BCUT2D eigenvalue weighted by Crippen LogP contribution is 2.23. The second-order valence-corrected chi connectivity index (χ2v) is 8.42. The number of hydrogen-bond acceptors (Lipinski definition) is 5. The summed E-state index contributed by atoms with van der Waals surface area (Å²) in [5.74, 6) is 2.70. The lowest BCUT2D eigenvalue weighted by atomic mass is 10.1. The van der Waals surface area contributed by atoms with Crippen molar-refractivity contribution < 1.29 is 9.26 Å².